The summed E-state index contributed by atoms with van der Waals surface area (Å²) < 4.78 is 18.3. The van der Waals surface area contributed by atoms with Gasteiger partial charge in [-0.2, -0.15) is 0 Å². The number of ether oxygens (including phenoxy) is 1. The fourth-order valence-corrected chi connectivity index (χ4v) is 2.35. The lowest BCUT2D eigenvalue weighted by atomic mass is 10.1. The highest BCUT2D eigenvalue weighted by Crippen LogP contribution is 2.50. The Morgan fingerprint density at radius 3 is 2.67 bits per heavy atom. The van der Waals surface area contributed by atoms with Gasteiger partial charge in [-0.25, -0.2) is 4.39 Å². The molecule has 1 aliphatic carbocycles. The van der Waals surface area contributed by atoms with Crippen molar-refractivity contribution in [1.29, 1.82) is 0 Å². The van der Waals surface area contributed by atoms with Crippen LogP contribution in [0.15, 0.2) is 18.2 Å². The lowest BCUT2D eigenvalue weighted by molar-refractivity contribution is 0.386. The highest BCUT2D eigenvalue weighted by Gasteiger charge is 2.39. The number of alkyl halides is 1. The third-order valence-corrected chi connectivity index (χ3v) is 3.62. The smallest absolute Gasteiger partial charge is 0.165 e. The van der Waals surface area contributed by atoms with Crippen molar-refractivity contribution in [3.63, 3.8) is 0 Å². The molecule has 0 amide bonds. The summed E-state index contributed by atoms with van der Waals surface area (Å²) in [6.45, 7) is 2.17. The van der Waals surface area contributed by atoms with E-state index >= 15 is 0 Å². The number of methoxy groups -OCH3 is 1. The molecule has 0 spiro atoms. The van der Waals surface area contributed by atoms with Gasteiger partial charge in [0.05, 0.1) is 12.5 Å². The Labute approximate surface area is 94.2 Å². The van der Waals surface area contributed by atoms with Crippen molar-refractivity contribution in [3.05, 3.63) is 29.6 Å². The molecule has 1 saturated carbocycles. The van der Waals surface area contributed by atoms with Gasteiger partial charge in [0.1, 0.15) is 0 Å². The topological polar surface area (TPSA) is 9.23 Å². The Morgan fingerprint density at radius 2 is 2.20 bits per heavy atom. The van der Waals surface area contributed by atoms with Gasteiger partial charge in [-0.05, 0) is 36.0 Å². The molecule has 0 N–H and O–H groups in total. The van der Waals surface area contributed by atoms with Gasteiger partial charge in [-0.15, -0.1) is 11.6 Å². The van der Waals surface area contributed by atoms with Crippen LogP contribution in [0.5, 0.6) is 5.75 Å². The van der Waals surface area contributed by atoms with Gasteiger partial charge in [0.25, 0.3) is 0 Å². The second-order valence-corrected chi connectivity index (χ2v) is 4.64. The minimum atomic E-state index is -0.339. The van der Waals surface area contributed by atoms with E-state index in [1.54, 1.807) is 6.07 Å². The van der Waals surface area contributed by atoms with E-state index in [4.69, 9.17) is 16.3 Å². The van der Waals surface area contributed by atoms with Crippen LogP contribution in [-0.2, 0) is 0 Å². The summed E-state index contributed by atoms with van der Waals surface area (Å²) in [5.74, 6) is 1.09. The second-order valence-electron chi connectivity index (χ2n) is 4.17. The van der Waals surface area contributed by atoms with E-state index in [1.165, 1.54) is 13.2 Å². The molecule has 3 atom stereocenters. The third kappa shape index (κ3) is 2.10. The molecule has 0 aromatic heterocycles. The third-order valence-electron chi connectivity index (χ3n) is 3.04. The Balaban J connectivity index is 2.18. The quantitative estimate of drug-likeness (QED) is 0.716. The number of benzene rings is 1. The number of halogens is 2. The first kappa shape index (κ1) is 10.7. The van der Waals surface area contributed by atoms with Crippen LogP contribution in [0.2, 0.25) is 0 Å². The maximum absolute atomic E-state index is 13.4. The molecule has 0 bridgehead atoms. The van der Waals surface area contributed by atoms with E-state index in [-0.39, 0.29) is 16.9 Å². The Morgan fingerprint density at radius 1 is 1.53 bits per heavy atom. The summed E-state index contributed by atoms with van der Waals surface area (Å²) >= 11 is 6.26. The lowest BCUT2D eigenvalue weighted by Crippen LogP contribution is -1.96. The minimum Gasteiger partial charge on any atom is -0.494 e. The molecule has 15 heavy (non-hydrogen) atoms. The molecule has 3 unspecified atom stereocenters. The molecular weight excluding hydrogens is 215 g/mol. The zero-order chi connectivity index (χ0) is 11.0. The molecule has 0 aliphatic heterocycles. The van der Waals surface area contributed by atoms with Gasteiger partial charge in [0.15, 0.2) is 11.6 Å². The van der Waals surface area contributed by atoms with Crippen molar-refractivity contribution in [2.75, 3.05) is 7.11 Å². The van der Waals surface area contributed by atoms with Gasteiger partial charge >= 0.3 is 0 Å². The molecule has 82 valence electrons. The standard InChI is InChI=1S/C12H14ClFO/c1-7-5-9(7)12(13)8-3-4-11(15-2)10(14)6-8/h3-4,6-7,9,12H,5H2,1-2H3. The lowest BCUT2D eigenvalue weighted by Gasteiger charge is -2.10. The van der Waals surface area contributed by atoms with Gasteiger partial charge in [0.2, 0.25) is 0 Å². The van der Waals surface area contributed by atoms with Crippen molar-refractivity contribution >= 4 is 11.6 Å². The van der Waals surface area contributed by atoms with E-state index in [9.17, 15) is 4.39 Å². The Kier molecular flexibility index (Phi) is 2.87. The Bertz CT molecular complexity index is 367. The zero-order valence-corrected chi connectivity index (χ0v) is 9.59. The first-order chi connectivity index (χ1) is 7.13. The molecular formula is C12H14ClFO. The number of hydrogen-bond donors (Lipinski definition) is 0. The van der Waals surface area contributed by atoms with E-state index in [1.807, 2.05) is 6.07 Å². The highest BCUT2D eigenvalue weighted by atomic mass is 35.5. The van der Waals surface area contributed by atoms with E-state index in [0.29, 0.717) is 11.8 Å². The van der Waals surface area contributed by atoms with Crippen molar-refractivity contribution in [1.82, 2.24) is 0 Å². The Hall–Kier alpha value is -0.760. The maximum Gasteiger partial charge on any atom is 0.165 e. The second kappa shape index (κ2) is 4.01. The summed E-state index contributed by atoms with van der Waals surface area (Å²) in [6.07, 6.45) is 1.14. The van der Waals surface area contributed by atoms with Crippen LogP contribution in [0.3, 0.4) is 0 Å². The minimum absolute atomic E-state index is 0.0691. The van der Waals surface area contributed by atoms with Gasteiger partial charge in [-0.3, -0.25) is 0 Å². The van der Waals surface area contributed by atoms with Crippen LogP contribution in [-0.4, -0.2) is 7.11 Å². The molecule has 1 fully saturated rings. The van der Waals surface area contributed by atoms with Gasteiger partial charge in [-0.1, -0.05) is 13.0 Å². The summed E-state index contributed by atoms with van der Waals surface area (Å²) in [4.78, 5) is 0. The molecule has 1 aromatic carbocycles. The average Bonchev–Trinajstić information content (AvgIpc) is 2.94. The monoisotopic (exact) mass is 228 g/mol. The highest BCUT2D eigenvalue weighted by molar-refractivity contribution is 6.21. The largest absolute Gasteiger partial charge is 0.494 e. The van der Waals surface area contributed by atoms with Crippen LogP contribution < -0.4 is 4.74 Å². The van der Waals surface area contributed by atoms with E-state index in [0.717, 1.165) is 12.0 Å². The zero-order valence-electron chi connectivity index (χ0n) is 8.84. The predicted octanol–water partition coefficient (Wildman–Crippen LogP) is 3.77. The van der Waals surface area contributed by atoms with E-state index < -0.39 is 0 Å². The molecule has 3 heteroatoms. The molecule has 1 nitrogen and oxygen atoms in total. The van der Waals surface area contributed by atoms with Crippen LogP contribution >= 0.6 is 11.6 Å². The van der Waals surface area contributed by atoms with Crippen LogP contribution in [0.4, 0.5) is 4.39 Å². The average molecular weight is 229 g/mol. The number of rotatable bonds is 3. The summed E-state index contributed by atoms with van der Waals surface area (Å²) in [5.41, 5.74) is 0.851. The first-order valence-electron chi connectivity index (χ1n) is 5.11. The SMILES string of the molecule is COc1ccc(C(Cl)C2CC2C)cc1F. The summed E-state index contributed by atoms with van der Waals surface area (Å²) in [5, 5.41) is -0.0691. The summed E-state index contributed by atoms with van der Waals surface area (Å²) in [6, 6.07) is 4.94. The maximum atomic E-state index is 13.4. The summed E-state index contributed by atoms with van der Waals surface area (Å²) in [7, 11) is 1.46. The molecule has 0 heterocycles. The van der Waals surface area contributed by atoms with Gasteiger partial charge < -0.3 is 4.74 Å². The fourth-order valence-electron chi connectivity index (χ4n) is 1.86. The van der Waals surface area contributed by atoms with Crippen molar-refractivity contribution in [2.24, 2.45) is 11.8 Å². The van der Waals surface area contributed by atoms with Crippen LogP contribution in [0.1, 0.15) is 24.3 Å². The normalized spacial score (nSPS) is 26.1. The van der Waals surface area contributed by atoms with Crippen LogP contribution in [0.25, 0.3) is 0 Å². The molecule has 0 saturated heterocycles. The fraction of sp³-hybridized carbons (Fsp3) is 0.500. The molecule has 0 radical (unpaired) electrons. The number of hydrogen-bond acceptors (Lipinski definition) is 1. The van der Waals surface area contributed by atoms with Crippen molar-refractivity contribution < 1.29 is 9.13 Å². The van der Waals surface area contributed by atoms with Gasteiger partial charge in [0, 0.05) is 0 Å². The molecule has 1 aromatic rings. The first-order valence-corrected chi connectivity index (χ1v) is 5.54. The molecule has 1 aliphatic rings. The predicted molar refractivity (Wildman–Crippen MR) is 58.8 cm³/mol. The van der Waals surface area contributed by atoms with E-state index in [2.05, 4.69) is 6.92 Å². The van der Waals surface area contributed by atoms with Crippen molar-refractivity contribution in [2.45, 2.75) is 18.7 Å². The van der Waals surface area contributed by atoms with Crippen molar-refractivity contribution in [3.8, 4) is 5.75 Å². The van der Waals surface area contributed by atoms with Crippen LogP contribution in [0, 0.1) is 17.7 Å². The molecule has 2 rings (SSSR count).